The van der Waals surface area contributed by atoms with Crippen LogP contribution in [0.15, 0.2) is 22.8 Å². The van der Waals surface area contributed by atoms with Crippen molar-refractivity contribution in [1.29, 1.82) is 0 Å². The third-order valence-electron chi connectivity index (χ3n) is 2.96. The topological polar surface area (TPSA) is 62.6 Å². The van der Waals surface area contributed by atoms with Gasteiger partial charge in [-0.2, -0.15) is 0 Å². The maximum atomic E-state index is 9.61. The molecule has 1 aliphatic rings. The molecule has 4 heteroatoms. The van der Waals surface area contributed by atoms with Crippen LogP contribution in [0, 0.1) is 0 Å². The molecule has 15 heavy (non-hydrogen) atoms. The highest BCUT2D eigenvalue weighted by molar-refractivity contribution is 5.05. The molecule has 2 atom stereocenters. The summed E-state index contributed by atoms with van der Waals surface area (Å²) in [5.41, 5.74) is 5.76. The summed E-state index contributed by atoms with van der Waals surface area (Å²) in [6.07, 6.45) is 3.37. The van der Waals surface area contributed by atoms with Crippen LogP contribution in [-0.4, -0.2) is 35.7 Å². The average Bonchev–Trinajstić information content (AvgIpc) is 2.72. The normalized spacial score (nSPS) is 25.3. The molecule has 1 aromatic rings. The van der Waals surface area contributed by atoms with Crippen LogP contribution >= 0.6 is 0 Å². The number of hydrogen-bond donors (Lipinski definition) is 2. The van der Waals surface area contributed by atoms with E-state index >= 15 is 0 Å². The van der Waals surface area contributed by atoms with Crippen LogP contribution in [0.4, 0.5) is 0 Å². The number of hydrogen-bond acceptors (Lipinski definition) is 4. The lowest BCUT2D eigenvalue weighted by Crippen LogP contribution is -2.42. The number of rotatable bonds is 3. The molecule has 0 aliphatic carbocycles. The molecule has 2 heterocycles. The van der Waals surface area contributed by atoms with Gasteiger partial charge in [-0.1, -0.05) is 0 Å². The van der Waals surface area contributed by atoms with Crippen LogP contribution in [0.3, 0.4) is 0 Å². The number of likely N-dealkylation sites (tertiary alicyclic amines) is 1. The van der Waals surface area contributed by atoms with E-state index < -0.39 is 0 Å². The molecule has 0 spiro atoms. The van der Waals surface area contributed by atoms with Crippen molar-refractivity contribution in [2.75, 3.05) is 19.6 Å². The molecule has 0 radical (unpaired) electrons. The Morgan fingerprint density at radius 3 is 3.13 bits per heavy atom. The Balaban J connectivity index is 2.06. The first kappa shape index (κ1) is 10.7. The van der Waals surface area contributed by atoms with Crippen molar-refractivity contribution in [2.45, 2.75) is 25.0 Å². The Morgan fingerprint density at radius 2 is 2.53 bits per heavy atom. The highest BCUT2D eigenvalue weighted by Gasteiger charge is 2.26. The van der Waals surface area contributed by atoms with Crippen molar-refractivity contribution in [1.82, 2.24) is 4.90 Å². The molecule has 3 N–H and O–H groups in total. The zero-order valence-electron chi connectivity index (χ0n) is 8.80. The SMILES string of the molecule is NCC(c1ccco1)N1CCCC(O)C1. The maximum absolute atomic E-state index is 9.61. The first-order valence-electron chi connectivity index (χ1n) is 5.47. The van der Waals surface area contributed by atoms with Gasteiger partial charge >= 0.3 is 0 Å². The summed E-state index contributed by atoms with van der Waals surface area (Å²) in [7, 11) is 0. The fourth-order valence-electron chi connectivity index (χ4n) is 2.19. The molecule has 1 saturated heterocycles. The number of furan rings is 1. The monoisotopic (exact) mass is 210 g/mol. The minimum atomic E-state index is -0.220. The van der Waals surface area contributed by atoms with Crippen LogP contribution in [-0.2, 0) is 0 Å². The van der Waals surface area contributed by atoms with E-state index in [4.69, 9.17) is 10.2 Å². The molecule has 2 unspecified atom stereocenters. The molecular formula is C11H18N2O2. The number of β-amino-alcohol motifs (C(OH)–C–C–N with tert-alkyl or cyclic N) is 1. The van der Waals surface area contributed by atoms with E-state index in [0.717, 1.165) is 25.1 Å². The minimum absolute atomic E-state index is 0.106. The van der Waals surface area contributed by atoms with Gasteiger partial charge in [0.2, 0.25) is 0 Å². The second kappa shape index (κ2) is 4.79. The molecule has 0 amide bonds. The summed E-state index contributed by atoms with van der Waals surface area (Å²) in [6, 6.07) is 3.92. The van der Waals surface area contributed by atoms with E-state index in [9.17, 15) is 5.11 Å². The number of nitrogens with zero attached hydrogens (tertiary/aromatic N) is 1. The molecular weight excluding hydrogens is 192 g/mol. The van der Waals surface area contributed by atoms with Crippen LogP contribution in [0.2, 0.25) is 0 Å². The Morgan fingerprint density at radius 1 is 1.67 bits per heavy atom. The van der Waals surface area contributed by atoms with E-state index in [1.54, 1.807) is 6.26 Å². The summed E-state index contributed by atoms with van der Waals surface area (Å²) in [5, 5.41) is 9.61. The van der Waals surface area contributed by atoms with E-state index in [1.807, 2.05) is 12.1 Å². The van der Waals surface area contributed by atoms with E-state index in [2.05, 4.69) is 4.90 Å². The van der Waals surface area contributed by atoms with Crippen molar-refractivity contribution in [2.24, 2.45) is 5.73 Å². The number of nitrogens with two attached hydrogens (primary N) is 1. The van der Waals surface area contributed by atoms with Crippen molar-refractivity contribution in [3.8, 4) is 0 Å². The Labute approximate surface area is 89.7 Å². The van der Waals surface area contributed by atoms with E-state index in [1.165, 1.54) is 0 Å². The third kappa shape index (κ3) is 2.40. The average molecular weight is 210 g/mol. The molecule has 84 valence electrons. The molecule has 2 rings (SSSR count). The lowest BCUT2D eigenvalue weighted by atomic mass is 10.0. The fraction of sp³-hybridized carbons (Fsp3) is 0.636. The van der Waals surface area contributed by atoms with Crippen LogP contribution in [0.1, 0.15) is 24.6 Å². The molecule has 1 aliphatic heterocycles. The van der Waals surface area contributed by atoms with Crippen molar-refractivity contribution in [3.63, 3.8) is 0 Å². The van der Waals surface area contributed by atoms with Gasteiger partial charge in [-0.25, -0.2) is 0 Å². The summed E-state index contributed by atoms with van der Waals surface area (Å²) in [4.78, 5) is 2.20. The van der Waals surface area contributed by atoms with Crippen LogP contribution in [0.5, 0.6) is 0 Å². The largest absolute Gasteiger partial charge is 0.468 e. The maximum Gasteiger partial charge on any atom is 0.122 e. The van der Waals surface area contributed by atoms with E-state index in [-0.39, 0.29) is 12.1 Å². The number of piperidine rings is 1. The van der Waals surface area contributed by atoms with Gasteiger partial charge < -0.3 is 15.3 Å². The summed E-state index contributed by atoms with van der Waals surface area (Å²) < 4.78 is 5.37. The van der Waals surface area contributed by atoms with Crippen molar-refractivity contribution < 1.29 is 9.52 Å². The van der Waals surface area contributed by atoms with Crippen molar-refractivity contribution >= 4 is 0 Å². The fourth-order valence-corrected chi connectivity index (χ4v) is 2.19. The quantitative estimate of drug-likeness (QED) is 0.772. The van der Waals surface area contributed by atoms with Gasteiger partial charge in [0.25, 0.3) is 0 Å². The number of aliphatic hydroxyl groups excluding tert-OH is 1. The van der Waals surface area contributed by atoms with Gasteiger partial charge in [0, 0.05) is 13.1 Å². The van der Waals surface area contributed by atoms with Crippen molar-refractivity contribution in [3.05, 3.63) is 24.2 Å². The predicted octanol–water partition coefficient (Wildman–Crippen LogP) is 0.736. The molecule has 0 bridgehead atoms. The summed E-state index contributed by atoms with van der Waals surface area (Å²) in [6.45, 7) is 2.21. The van der Waals surface area contributed by atoms with Crippen LogP contribution in [0.25, 0.3) is 0 Å². The molecule has 0 saturated carbocycles. The van der Waals surface area contributed by atoms with Gasteiger partial charge in [0.05, 0.1) is 18.4 Å². The standard InChI is InChI=1S/C11H18N2O2/c12-7-10(11-4-2-6-15-11)13-5-1-3-9(14)8-13/h2,4,6,9-10,14H,1,3,5,7-8,12H2. The van der Waals surface area contributed by atoms with Gasteiger partial charge in [0.1, 0.15) is 5.76 Å². The van der Waals surface area contributed by atoms with Gasteiger partial charge in [-0.15, -0.1) is 0 Å². The Kier molecular flexibility index (Phi) is 3.41. The second-order valence-electron chi connectivity index (χ2n) is 4.06. The zero-order chi connectivity index (χ0) is 10.7. The lowest BCUT2D eigenvalue weighted by Gasteiger charge is -2.35. The smallest absolute Gasteiger partial charge is 0.122 e. The first-order valence-corrected chi connectivity index (χ1v) is 5.47. The van der Waals surface area contributed by atoms with Gasteiger partial charge in [-0.3, -0.25) is 4.90 Å². The number of aliphatic hydroxyl groups is 1. The molecule has 1 aromatic heterocycles. The molecule has 0 aromatic carbocycles. The van der Waals surface area contributed by atoms with E-state index in [0.29, 0.717) is 13.1 Å². The van der Waals surface area contributed by atoms with Gasteiger partial charge in [0.15, 0.2) is 0 Å². The summed E-state index contributed by atoms with van der Waals surface area (Å²) in [5.74, 6) is 0.895. The van der Waals surface area contributed by atoms with Gasteiger partial charge in [-0.05, 0) is 31.5 Å². The van der Waals surface area contributed by atoms with Crippen LogP contribution < -0.4 is 5.73 Å². The Bertz CT molecular complexity index is 287. The highest BCUT2D eigenvalue weighted by atomic mass is 16.3. The lowest BCUT2D eigenvalue weighted by molar-refractivity contribution is 0.0426. The minimum Gasteiger partial charge on any atom is -0.468 e. The first-order chi connectivity index (χ1) is 7.31. The zero-order valence-corrected chi connectivity index (χ0v) is 8.80. The second-order valence-corrected chi connectivity index (χ2v) is 4.06. The highest BCUT2D eigenvalue weighted by Crippen LogP contribution is 2.23. The summed E-state index contributed by atoms with van der Waals surface area (Å²) >= 11 is 0. The Hall–Kier alpha value is -0.840. The predicted molar refractivity (Wildman–Crippen MR) is 57.3 cm³/mol. The molecule has 4 nitrogen and oxygen atoms in total. The molecule has 1 fully saturated rings. The third-order valence-corrected chi connectivity index (χ3v) is 2.96.